The lowest BCUT2D eigenvalue weighted by Gasteiger charge is -2.39. The second-order valence-corrected chi connectivity index (χ2v) is 5.75. The molecule has 0 bridgehead atoms. The zero-order valence-corrected chi connectivity index (χ0v) is 11.6. The predicted molar refractivity (Wildman–Crippen MR) is 70.2 cm³/mol. The molecule has 1 amide bonds. The number of nitrogens with one attached hydrogen (secondary N) is 1. The van der Waals surface area contributed by atoms with E-state index in [1.165, 1.54) is 6.42 Å². The van der Waals surface area contributed by atoms with Gasteiger partial charge in [0.25, 0.3) is 5.91 Å². The molecule has 0 radical (unpaired) electrons. The fraction of sp³-hybridized carbons (Fsp3) is 0.923. The van der Waals surface area contributed by atoms with Gasteiger partial charge in [-0.3, -0.25) is 10.2 Å². The van der Waals surface area contributed by atoms with Gasteiger partial charge in [-0.15, -0.1) is 0 Å². The summed E-state index contributed by atoms with van der Waals surface area (Å²) >= 11 is 0. The molecule has 100 valence electrons. The highest BCUT2D eigenvalue weighted by atomic mass is 16.2. The standard InChI is InChI=1S/C13H27N3O/c1-9(2)8-12(14)13(17)15-16-10(3)6-5-7-11(16)4/h9-12H,5-8,14H2,1-4H3,(H,15,17)/t10?,11?,12-/m1/s1. The van der Waals surface area contributed by atoms with Crippen molar-refractivity contribution in [3.8, 4) is 0 Å². The van der Waals surface area contributed by atoms with E-state index in [4.69, 9.17) is 5.73 Å². The van der Waals surface area contributed by atoms with Gasteiger partial charge in [0.1, 0.15) is 0 Å². The summed E-state index contributed by atoms with van der Waals surface area (Å²) in [6, 6.07) is 0.430. The summed E-state index contributed by atoms with van der Waals surface area (Å²) in [4.78, 5) is 12.0. The lowest BCUT2D eigenvalue weighted by Crippen LogP contribution is -2.57. The fourth-order valence-electron chi connectivity index (χ4n) is 2.47. The molecule has 1 fully saturated rings. The van der Waals surface area contributed by atoms with Crippen LogP contribution in [0.5, 0.6) is 0 Å². The van der Waals surface area contributed by atoms with Crippen LogP contribution in [0.15, 0.2) is 0 Å². The number of carbonyl (C=O) groups is 1. The van der Waals surface area contributed by atoms with Crippen LogP contribution in [0.4, 0.5) is 0 Å². The van der Waals surface area contributed by atoms with Crippen molar-refractivity contribution in [1.82, 2.24) is 10.4 Å². The second-order valence-electron chi connectivity index (χ2n) is 5.75. The summed E-state index contributed by atoms with van der Waals surface area (Å²) in [6.07, 6.45) is 4.27. The third-order valence-electron chi connectivity index (χ3n) is 3.49. The molecule has 2 unspecified atom stereocenters. The van der Waals surface area contributed by atoms with E-state index in [1.807, 2.05) is 0 Å². The molecule has 1 aliphatic heterocycles. The van der Waals surface area contributed by atoms with E-state index < -0.39 is 6.04 Å². The van der Waals surface area contributed by atoms with Crippen molar-refractivity contribution in [2.75, 3.05) is 0 Å². The van der Waals surface area contributed by atoms with Gasteiger partial charge in [-0.2, -0.15) is 0 Å². The molecule has 1 aliphatic rings. The van der Waals surface area contributed by atoms with Crippen molar-refractivity contribution >= 4 is 5.91 Å². The third-order valence-corrected chi connectivity index (χ3v) is 3.49. The highest BCUT2D eigenvalue weighted by Crippen LogP contribution is 2.20. The van der Waals surface area contributed by atoms with Gasteiger partial charge in [0.15, 0.2) is 0 Å². The average Bonchev–Trinajstić information content (AvgIpc) is 2.22. The number of hydrazine groups is 1. The summed E-state index contributed by atoms with van der Waals surface area (Å²) in [6.45, 7) is 8.48. The molecule has 4 heteroatoms. The van der Waals surface area contributed by atoms with E-state index in [2.05, 4.69) is 38.1 Å². The van der Waals surface area contributed by atoms with Crippen molar-refractivity contribution in [2.24, 2.45) is 11.7 Å². The Kier molecular flexibility index (Phi) is 5.40. The molecule has 17 heavy (non-hydrogen) atoms. The Labute approximate surface area is 105 Å². The van der Waals surface area contributed by atoms with Gasteiger partial charge >= 0.3 is 0 Å². The van der Waals surface area contributed by atoms with Gasteiger partial charge in [0, 0.05) is 12.1 Å². The molecule has 0 saturated carbocycles. The Morgan fingerprint density at radius 1 is 1.35 bits per heavy atom. The normalized spacial score (nSPS) is 28.1. The molecule has 1 saturated heterocycles. The largest absolute Gasteiger partial charge is 0.320 e. The number of nitrogens with zero attached hydrogens (tertiary/aromatic N) is 1. The van der Waals surface area contributed by atoms with E-state index in [9.17, 15) is 4.79 Å². The monoisotopic (exact) mass is 241 g/mol. The van der Waals surface area contributed by atoms with Crippen LogP contribution < -0.4 is 11.2 Å². The predicted octanol–water partition coefficient (Wildman–Crippen LogP) is 1.65. The number of amides is 1. The van der Waals surface area contributed by atoms with Crippen LogP contribution >= 0.6 is 0 Å². The molecule has 0 aromatic carbocycles. The van der Waals surface area contributed by atoms with Crippen LogP contribution in [0.3, 0.4) is 0 Å². The van der Waals surface area contributed by atoms with Gasteiger partial charge in [0.2, 0.25) is 0 Å². The molecule has 0 spiro atoms. The Bertz CT molecular complexity index is 245. The zero-order chi connectivity index (χ0) is 13.0. The first-order chi connectivity index (χ1) is 7.91. The van der Waals surface area contributed by atoms with Crippen LogP contribution in [-0.2, 0) is 4.79 Å². The zero-order valence-electron chi connectivity index (χ0n) is 11.6. The van der Waals surface area contributed by atoms with Gasteiger partial charge in [-0.1, -0.05) is 20.3 Å². The van der Waals surface area contributed by atoms with E-state index in [1.54, 1.807) is 0 Å². The quantitative estimate of drug-likeness (QED) is 0.787. The number of nitrogens with two attached hydrogens (primary N) is 1. The molecular weight excluding hydrogens is 214 g/mol. The number of hydrogen-bond acceptors (Lipinski definition) is 3. The molecule has 0 aliphatic carbocycles. The van der Waals surface area contributed by atoms with Crippen molar-refractivity contribution in [3.63, 3.8) is 0 Å². The molecule has 3 N–H and O–H groups in total. The fourth-order valence-corrected chi connectivity index (χ4v) is 2.47. The first-order valence-corrected chi connectivity index (χ1v) is 6.76. The first kappa shape index (κ1) is 14.5. The summed E-state index contributed by atoms with van der Waals surface area (Å²) < 4.78 is 0. The van der Waals surface area contributed by atoms with Gasteiger partial charge in [-0.25, -0.2) is 5.01 Å². The minimum Gasteiger partial charge on any atom is -0.320 e. The summed E-state index contributed by atoms with van der Waals surface area (Å²) in [5, 5.41) is 2.08. The molecule has 1 heterocycles. The first-order valence-electron chi connectivity index (χ1n) is 6.76. The van der Waals surface area contributed by atoms with Crippen molar-refractivity contribution in [1.29, 1.82) is 0 Å². The Morgan fingerprint density at radius 3 is 2.35 bits per heavy atom. The van der Waals surface area contributed by atoms with E-state index in [0.29, 0.717) is 18.0 Å². The Balaban J connectivity index is 2.48. The van der Waals surface area contributed by atoms with Crippen molar-refractivity contribution < 1.29 is 4.79 Å². The maximum atomic E-state index is 12.0. The molecule has 0 aromatic rings. The van der Waals surface area contributed by atoms with E-state index in [0.717, 1.165) is 19.3 Å². The molecule has 4 nitrogen and oxygen atoms in total. The van der Waals surface area contributed by atoms with Crippen molar-refractivity contribution in [3.05, 3.63) is 0 Å². The third kappa shape index (κ3) is 4.28. The summed E-state index contributed by atoms with van der Waals surface area (Å²) in [5.41, 5.74) is 8.88. The van der Waals surface area contributed by atoms with Gasteiger partial charge < -0.3 is 5.73 Å². The van der Waals surface area contributed by atoms with Crippen LogP contribution in [0, 0.1) is 5.92 Å². The number of carbonyl (C=O) groups excluding carboxylic acids is 1. The highest BCUT2D eigenvalue weighted by Gasteiger charge is 2.27. The van der Waals surface area contributed by atoms with Crippen LogP contribution in [0.1, 0.15) is 53.4 Å². The molecule has 3 atom stereocenters. The van der Waals surface area contributed by atoms with Gasteiger partial charge in [-0.05, 0) is 39.0 Å². The maximum Gasteiger partial charge on any atom is 0.251 e. The highest BCUT2D eigenvalue weighted by molar-refractivity contribution is 5.81. The lowest BCUT2D eigenvalue weighted by atomic mass is 9.99. The Morgan fingerprint density at radius 2 is 1.88 bits per heavy atom. The van der Waals surface area contributed by atoms with E-state index >= 15 is 0 Å². The second kappa shape index (κ2) is 6.36. The number of piperidine rings is 1. The topological polar surface area (TPSA) is 58.4 Å². The van der Waals surface area contributed by atoms with E-state index in [-0.39, 0.29) is 5.91 Å². The minimum atomic E-state index is -0.392. The van der Waals surface area contributed by atoms with Crippen molar-refractivity contribution in [2.45, 2.75) is 71.5 Å². The molecule has 0 aromatic heterocycles. The molecule has 1 rings (SSSR count). The Hall–Kier alpha value is -0.610. The minimum absolute atomic E-state index is 0.0423. The van der Waals surface area contributed by atoms with Gasteiger partial charge in [0.05, 0.1) is 6.04 Å². The van der Waals surface area contributed by atoms with Crippen LogP contribution in [-0.4, -0.2) is 29.0 Å². The number of rotatable bonds is 4. The lowest BCUT2D eigenvalue weighted by molar-refractivity contribution is -0.131. The number of hydrogen-bond donors (Lipinski definition) is 2. The van der Waals surface area contributed by atoms with Crippen LogP contribution in [0.25, 0.3) is 0 Å². The summed E-state index contributed by atoms with van der Waals surface area (Å²) in [7, 11) is 0. The smallest absolute Gasteiger partial charge is 0.251 e. The molecular formula is C13H27N3O. The summed E-state index contributed by atoms with van der Waals surface area (Å²) in [5.74, 6) is 0.409. The SMILES string of the molecule is CC(C)C[C@@H](N)C(=O)NN1C(C)CCCC1C. The maximum absolute atomic E-state index is 12.0. The van der Waals surface area contributed by atoms with Crippen LogP contribution in [0.2, 0.25) is 0 Å². The average molecular weight is 241 g/mol.